The minimum atomic E-state index is 0.321. The monoisotopic (exact) mass is 525 g/mol. The summed E-state index contributed by atoms with van der Waals surface area (Å²) >= 11 is 19.3. The van der Waals surface area contributed by atoms with Gasteiger partial charge in [0.2, 0.25) is 0 Å². The fraction of sp³-hybridized carbons (Fsp3) is 0.0952. The Bertz CT molecular complexity index is 988. The Balaban J connectivity index is 1.87. The molecule has 2 nitrogen and oxygen atoms in total. The van der Waals surface area contributed by atoms with Crippen LogP contribution in [0, 0.1) is 6.92 Å². The lowest BCUT2D eigenvalue weighted by molar-refractivity contribution is 0.304. The first-order chi connectivity index (χ1) is 12.9. The Hall–Kier alpha value is -1.33. The molecular formula is C21H15Br2Cl2NO. The Morgan fingerprint density at radius 3 is 2.44 bits per heavy atom. The maximum Gasteiger partial charge on any atom is 0.142 e. The van der Waals surface area contributed by atoms with Gasteiger partial charge < -0.3 is 4.74 Å². The van der Waals surface area contributed by atoms with Gasteiger partial charge in [0.25, 0.3) is 0 Å². The highest BCUT2D eigenvalue weighted by atomic mass is 79.9. The summed E-state index contributed by atoms with van der Waals surface area (Å²) in [5.74, 6) is 0.695. The summed E-state index contributed by atoms with van der Waals surface area (Å²) in [6.07, 6.45) is 1.79. The molecular weight excluding hydrogens is 513 g/mol. The van der Waals surface area contributed by atoms with Crippen molar-refractivity contribution in [3.05, 3.63) is 90.3 Å². The van der Waals surface area contributed by atoms with Crippen molar-refractivity contribution in [2.24, 2.45) is 4.99 Å². The summed E-state index contributed by atoms with van der Waals surface area (Å²) in [5.41, 5.74) is 3.78. The molecule has 0 unspecified atom stereocenters. The lowest BCUT2D eigenvalue weighted by Crippen LogP contribution is -2.00. The van der Waals surface area contributed by atoms with Gasteiger partial charge in [0.05, 0.1) is 10.2 Å². The maximum atomic E-state index is 6.24. The SMILES string of the molecule is Cc1ccc(N=Cc2cc(Br)cc(Br)c2OCc2ccc(Cl)cc2Cl)cc1. The molecule has 3 aromatic rings. The molecule has 0 spiro atoms. The molecule has 0 aliphatic rings. The summed E-state index contributed by atoms with van der Waals surface area (Å²) in [5, 5.41) is 1.17. The molecule has 3 rings (SSSR count). The number of aryl methyl sites for hydroxylation is 1. The highest BCUT2D eigenvalue weighted by molar-refractivity contribution is 9.11. The minimum Gasteiger partial charge on any atom is -0.487 e. The zero-order valence-electron chi connectivity index (χ0n) is 14.3. The Morgan fingerprint density at radius 1 is 1.00 bits per heavy atom. The van der Waals surface area contributed by atoms with Crippen LogP contribution < -0.4 is 4.74 Å². The molecule has 3 aromatic carbocycles. The fourth-order valence-electron chi connectivity index (χ4n) is 2.39. The normalized spacial score (nSPS) is 11.1. The van der Waals surface area contributed by atoms with Crippen LogP contribution in [0.1, 0.15) is 16.7 Å². The molecule has 0 fully saturated rings. The molecule has 0 N–H and O–H groups in total. The summed E-state index contributed by atoms with van der Waals surface area (Å²) in [6.45, 7) is 2.37. The molecule has 0 aromatic heterocycles. The van der Waals surface area contributed by atoms with Crippen molar-refractivity contribution in [2.75, 3.05) is 0 Å². The van der Waals surface area contributed by atoms with Crippen LogP contribution in [0.3, 0.4) is 0 Å². The van der Waals surface area contributed by atoms with Crippen molar-refractivity contribution in [2.45, 2.75) is 13.5 Å². The molecule has 0 atom stereocenters. The van der Waals surface area contributed by atoms with Crippen molar-refractivity contribution >= 4 is 67.0 Å². The van der Waals surface area contributed by atoms with Crippen LogP contribution in [0.2, 0.25) is 10.0 Å². The van der Waals surface area contributed by atoms with Crippen molar-refractivity contribution in [1.82, 2.24) is 0 Å². The van der Waals surface area contributed by atoms with E-state index in [0.717, 1.165) is 25.8 Å². The lowest BCUT2D eigenvalue weighted by Gasteiger charge is -2.13. The third kappa shape index (κ3) is 5.58. The quantitative estimate of drug-likeness (QED) is 0.307. The van der Waals surface area contributed by atoms with Crippen molar-refractivity contribution in [3.8, 4) is 5.75 Å². The van der Waals surface area contributed by atoms with Crippen LogP contribution in [-0.4, -0.2) is 6.21 Å². The van der Waals surface area contributed by atoms with E-state index in [4.69, 9.17) is 27.9 Å². The third-order valence-corrected chi connectivity index (χ3v) is 5.44. The van der Waals surface area contributed by atoms with E-state index in [0.29, 0.717) is 22.4 Å². The van der Waals surface area contributed by atoms with Crippen molar-refractivity contribution < 1.29 is 4.74 Å². The van der Waals surface area contributed by atoms with E-state index in [9.17, 15) is 0 Å². The smallest absolute Gasteiger partial charge is 0.142 e. The zero-order valence-corrected chi connectivity index (χ0v) is 19.0. The Morgan fingerprint density at radius 2 is 1.74 bits per heavy atom. The highest BCUT2D eigenvalue weighted by Gasteiger charge is 2.11. The van der Waals surface area contributed by atoms with Gasteiger partial charge in [-0.1, -0.05) is 62.9 Å². The second-order valence-electron chi connectivity index (χ2n) is 5.92. The van der Waals surface area contributed by atoms with E-state index < -0.39 is 0 Å². The van der Waals surface area contributed by atoms with Gasteiger partial charge in [-0.25, -0.2) is 0 Å². The van der Waals surface area contributed by atoms with Gasteiger partial charge in [0.15, 0.2) is 0 Å². The molecule has 0 bridgehead atoms. The Labute approximate surface area is 185 Å². The maximum absolute atomic E-state index is 6.24. The van der Waals surface area contributed by atoms with Crippen molar-refractivity contribution in [3.63, 3.8) is 0 Å². The summed E-state index contributed by atoms with van der Waals surface area (Å²) in [7, 11) is 0. The van der Waals surface area contributed by atoms with Crippen molar-refractivity contribution in [1.29, 1.82) is 0 Å². The fourth-order valence-corrected chi connectivity index (χ4v) is 4.23. The van der Waals surface area contributed by atoms with E-state index in [1.165, 1.54) is 5.56 Å². The number of hydrogen-bond acceptors (Lipinski definition) is 2. The summed E-state index contributed by atoms with van der Waals surface area (Å²) < 4.78 is 7.80. The number of halogens is 4. The highest BCUT2D eigenvalue weighted by Crippen LogP contribution is 2.33. The molecule has 0 heterocycles. The molecule has 6 heteroatoms. The first kappa shape index (κ1) is 20.4. The lowest BCUT2D eigenvalue weighted by atomic mass is 10.2. The van der Waals surface area contributed by atoms with Crippen LogP contribution in [0.15, 0.2) is 68.5 Å². The largest absolute Gasteiger partial charge is 0.487 e. The minimum absolute atomic E-state index is 0.321. The first-order valence-electron chi connectivity index (χ1n) is 8.09. The van der Waals surface area contributed by atoms with E-state index in [2.05, 4.69) is 36.9 Å². The number of nitrogens with zero attached hydrogens (tertiary/aromatic N) is 1. The van der Waals surface area contributed by atoms with Gasteiger partial charge in [0, 0.05) is 31.9 Å². The predicted octanol–water partition coefficient (Wildman–Crippen LogP) is 8.16. The third-order valence-electron chi connectivity index (χ3n) is 3.81. The number of benzene rings is 3. The summed E-state index contributed by atoms with van der Waals surface area (Å²) in [4.78, 5) is 4.55. The summed E-state index contributed by atoms with van der Waals surface area (Å²) in [6, 6.07) is 17.3. The predicted molar refractivity (Wildman–Crippen MR) is 121 cm³/mol. The molecule has 0 aliphatic heterocycles. The second-order valence-corrected chi connectivity index (χ2v) is 8.54. The van der Waals surface area contributed by atoms with Crippen LogP contribution in [0.5, 0.6) is 5.75 Å². The van der Waals surface area contributed by atoms with Crippen LogP contribution in [0.25, 0.3) is 0 Å². The van der Waals surface area contributed by atoms with Crippen LogP contribution in [0.4, 0.5) is 5.69 Å². The van der Waals surface area contributed by atoms with Gasteiger partial charge in [-0.05, 0) is 59.3 Å². The average Bonchev–Trinajstić information content (AvgIpc) is 2.61. The molecule has 0 aliphatic carbocycles. The van der Waals surface area contributed by atoms with Gasteiger partial charge in [-0.2, -0.15) is 0 Å². The van der Waals surface area contributed by atoms with Gasteiger partial charge in [-0.15, -0.1) is 0 Å². The molecule has 138 valence electrons. The topological polar surface area (TPSA) is 21.6 Å². The van der Waals surface area contributed by atoms with E-state index >= 15 is 0 Å². The van der Waals surface area contributed by atoms with Gasteiger partial charge >= 0.3 is 0 Å². The standard InChI is InChI=1S/C21H15Br2Cl2NO/c1-13-2-6-18(7-3-13)26-11-15-8-16(22)9-19(23)21(15)27-12-14-4-5-17(24)10-20(14)25/h2-11H,12H2,1H3. The van der Waals surface area contributed by atoms with Gasteiger partial charge in [-0.3, -0.25) is 4.99 Å². The van der Waals surface area contributed by atoms with Crippen LogP contribution in [-0.2, 0) is 6.61 Å². The first-order valence-corrected chi connectivity index (χ1v) is 10.4. The molecule has 0 saturated carbocycles. The molecule has 27 heavy (non-hydrogen) atoms. The Kier molecular flexibility index (Phi) is 6.99. The van der Waals surface area contributed by atoms with E-state index in [1.54, 1.807) is 18.3 Å². The van der Waals surface area contributed by atoms with Crippen LogP contribution >= 0.6 is 55.1 Å². The number of aliphatic imine (C=N–C) groups is 1. The number of ether oxygens (including phenoxy) is 1. The zero-order chi connectivity index (χ0) is 19.4. The van der Waals surface area contributed by atoms with E-state index in [1.807, 2.05) is 49.4 Å². The molecule has 0 amide bonds. The molecule has 0 saturated heterocycles. The molecule has 0 radical (unpaired) electrons. The average molecular weight is 528 g/mol. The van der Waals surface area contributed by atoms with E-state index in [-0.39, 0.29) is 0 Å². The number of hydrogen-bond donors (Lipinski definition) is 0. The van der Waals surface area contributed by atoms with Gasteiger partial charge in [0.1, 0.15) is 12.4 Å². The number of rotatable bonds is 5. The second kappa shape index (κ2) is 9.24.